The van der Waals surface area contributed by atoms with Gasteiger partial charge in [-0.15, -0.1) is 0 Å². The first kappa shape index (κ1) is 36.2. The van der Waals surface area contributed by atoms with E-state index in [1.54, 1.807) is 0 Å². The maximum Gasteiger partial charge on any atom is 0.0491 e. The van der Waals surface area contributed by atoms with Crippen molar-refractivity contribution in [3.63, 3.8) is 0 Å². The lowest BCUT2D eigenvalue weighted by Gasteiger charge is -2.21. The summed E-state index contributed by atoms with van der Waals surface area (Å²) < 4.78 is 4.85. The molecule has 0 aliphatic carbocycles. The summed E-state index contributed by atoms with van der Waals surface area (Å²) in [7, 11) is 0. The first-order valence-corrected chi connectivity index (χ1v) is 21.5. The average molecular weight is 773 g/mol. The molecule has 0 saturated carbocycles. The molecule has 0 spiro atoms. The normalized spacial score (nSPS) is 12.0. The van der Waals surface area contributed by atoms with Crippen LogP contribution in [0.15, 0.2) is 158 Å². The van der Waals surface area contributed by atoms with E-state index in [-0.39, 0.29) is 0 Å². The number of para-hydroxylation sites is 2. The van der Waals surface area contributed by atoms with Gasteiger partial charge in [-0.05, 0) is 166 Å². The van der Waals surface area contributed by atoms with Crippen LogP contribution in [0.4, 0.5) is 0 Å². The molecule has 290 valence electrons. The van der Waals surface area contributed by atoms with E-state index >= 15 is 0 Å². The largest absolute Gasteiger partial charge is 0.341 e. The van der Waals surface area contributed by atoms with Gasteiger partial charge in [-0.3, -0.25) is 0 Å². The molecule has 9 aromatic carbocycles. The van der Waals surface area contributed by atoms with Gasteiger partial charge in [0, 0.05) is 56.7 Å². The zero-order chi connectivity index (χ0) is 40.8. The Morgan fingerprint density at radius 1 is 0.283 bits per heavy atom. The maximum absolute atomic E-state index is 2.43. The number of hydrogen-bond acceptors (Lipinski definition) is 0. The third-order valence-corrected chi connectivity index (χ3v) is 13.5. The molecule has 0 atom stereocenters. The number of benzene rings is 9. The molecule has 0 fully saturated rings. The number of hydrogen-bond donors (Lipinski definition) is 0. The van der Waals surface area contributed by atoms with Crippen LogP contribution in [0.5, 0.6) is 0 Å². The fraction of sp³-hybridized carbons (Fsp3) is 0.138. The number of nitrogens with zero attached hydrogens (tertiary/aromatic N) is 2. The second-order valence-corrected chi connectivity index (χ2v) is 16.9. The molecule has 2 heteroatoms. The van der Waals surface area contributed by atoms with Crippen molar-refractivity contribution in [1.82, 2.24) is 9.13 Å². The van der Waals surface area contributed by atoms with Crippen molar-refractivity contribution in [2.75, 3.05) is 0 Å². The van der Waals surface area contributed by atoms with Crippen LogP contribution in [0.25, 0.3) is 110 Å². The van der Waals surface area contributed by atoms with Gasteiger partial charge in [0.15, 0.2) is 0 Å². The molecule has 0 bridgehead atoms. The molecular formula is C58H48N2. The van der Waals surface area contributed by atoms with Crippen LogP contribution < -0.4 is 0 Å². The fourth-order valence-corrected chi connectivity index (χ4v) is 10.2. The van der Waals surface area contributed by atoms with Crippen LogP contribution in [-0.4, -0.2) is 9.13 Å². The van der Waals surface area contributed by atoms with Crippen LogP contribution >= 0.6 is 0 Å². The first-order valence-electron chi connectivity index (χ1n) is 21.5. The zero-order valence-corrected chi connectivity index (χ0v) is 35.3. The Bertz CT molecular complexity index is 3210. The SMILES string of the molecule is CCn1c2ccccc2c2cc(-c3ccc(-c4c5cc(C)c(C)cc5c(-c5ccc(-c6ccc7c(c6)c6ccccc6n7CC)cc5)c5cc(C)c(C)cc45)cc3)ccc21. The molecule has 0 radical (unpaired) electrons. The van der Waals surface area contributed by atoms with Gasteiger partial charge in [-0.1, -0.05) is 121 Å². The molecule has 0 aliphatic heterocycles. The number of aromatic nitrogens is 2. The first-order chi connectivity index (χ1) is 29.3. The lowest BCUT2D eigenvalue weighted by molar-refractivity contribution is 0.827. The van der Waals surface area contributed by atoms with Gasteiger partial charge >= 0.3 is 0 Å². The average Bonchev–Trinajstić information content (AvgIpc) is 3.78. The van der Waals surface area contributed by atoms with Crippen molar-refractivity contribution in [1.29, 1.82) is 0 Å². The van der Waals surface area contributed by atoms with Crippen molar-refractivity contribution in [3.8, 4) is 44.5 Å². The Balaban J connectivity index is 1.06. The lowest BCUT2D eigenvalue weighted by Crippen LogP contribution is -1.95. The topological polar surface area (TPSA) is 9.86 Å². The van der Waals surface area contributed by atoms with Gasteiger partial charge in [-0.25, -0.2) is 0 Å². The summed E-state index contributed by atoms with van der Waals surface area (Å²) in [5.41, 5.74) is 20.5. The number of aryl methyl sites for hydroxylation is 6. The van der Waals surface area contributed by atoms with Crippen LogP contribution in [0, 0.1) is 27.7 Å². The van der Waals surface area contributed by atoms with Gasteiger partial charge in [0.25, 0.3) is 0 Å². The fourth-order valence-electron chi connectivity index (χ4n) is 10.2. The molecule has 0 amide bonds. The van der Waals surface area contributed by atoms with Crippen molar-refractivity contribution in [2.24, 2.45) is 0 Å². The Kier molecular flexibility index (Phi) is 8.36. The highest BCUT2D eigenvalue weighted by atomic mass is 15.0. The Morgan fingerprint density at radius 2 is 0.583 bits per heavy atom. The monoisotopic (exact) mass is 772 g/mol. The molecule has 60 heavy (non-hydrogen) atoms. The predicted molar refractivity (Wildman–Crippen MR) is 259 cm³/mol. The van der Waals surface area contributed by atoms with E-state index in [0.717, 1.165) is 13.1 Å². The van der Waals surface area contributed by atoms with Gasteiger partial charge in [0.05, 0.1) is 0 Å². The van der Waals surface area contributed by atoms with E-state index < -0.39 is 0 Å². The second kappa shape index (κ2) is 13.9. The number of rotatable bonds is 6. The summed E-state index contributed by atoms with van der Waals surface area (Å²) in [6.07, 6.45) is 0. The molecule has 11 aromatic rings. The minimum Gasteiger partial charge on any atom is -0.341 e. The molecule has 2 nitrogen and oxygen atoms in total. The predicted octanol–water partition coefficient (Wildman–Crippen LogP) is 16.2. The quantitative estimate of drug-likeness (QED) is 0.149. The molecular weight excluding hydrogens is 725 g/mol. The minimum atomic E-state index is 0.950. The molecule has 0 N–H and O–H groups in total. The van der Waals surface area contributed by atoms with Crippen LogP contribution in [-0.2, 0) is 13.1 Å². The Morgan fingerprint density at radius 3 is 0.933 bits per heavy atom. The van der Waals surface area contributed by atoms with Crippen molar-refractivity contribution < 1.29 is 0 Å². The highest BCUT2D eigenvalue weighted by molar-refractivity contribution is 6.22. The summed E-state index contributed by atoms with van der Waals surface area (Å²) in [4.78, 5) is 0. The third-order valence-electron chi connectivity index (χ3n) is 13.5. The van der Waals surface area contributed by atoms with Gasteiger partial charge in [0.2, 0.25) is 0 Å². The van der Waals surface area contributed by atoms with E-state index in [9.17, 15) is 0 Å². The smallest absolute Gasteiger partial charge is 0.0491 e. The molecule has 0 unspecified atom stereocenters. The van der Waals surface area contributed by atoms with Gasteiger partial charge in [-0.2, -0.15) is 0 Å². The van der Waals surface area contributed by atoms with Crippen LogP contribution in [0.3, 0.4) is 0 Å². The highest BCUT2D eigenvalue weighted by Gasteiger charge is 2.20. The van der Waals surface area contributed by atoms with E-state index in [2.05, 4.69) is 208 Å². The van der Waals surface area contributed by atoms with Crippen LogP contribution in [0.1, 0.15) is 36.1 Å². The summed E-state index contributed by atoms with van der Waals surface area (Å²) in [6.45, 7) is 15.4. The third kappa shape index (κ3) is 5.47. The van der Waals surface area contributed by atoms with Gasteiger partial charge in [0.1, 0.15) is 0 Å². The maximum atomic E-state index is 2.43. The summed E-state index contributed by atoms with van der Waals surface area (Å²) >= 11 is 0. The standard InChI is InChI=1S/C58H48N2/c1-7-59-53-15-11-9-13-45(53)47-33-43(25-27-55(47)59)39-17-21-41(22-18-39)57-49-29-35(3)37(5)31-51(49)58(52-32-38(6)36(4)30-50(52)57)42-23-19-40(20-24-42)44-26-28-56-48(34-44)46-14-10-12-16-54(46)60(56)8-2/h9-34H,7-8H2,1-6H3. The molecule has 0 aliphatic rings. The number of fused-ring (bicyclic) bond motifs is 8. The minimum absolute atomic E-state index is 0.950. The molecule has 2 heterocycles. The highest BCUT2D eigenvalue weighted by Crippen LogP contribution is 2.46. The van der Waals surface area contributed by atoms with E-state index in [1.165, 1.54) is 132 Å². The molecule has 2 aromatic heterocycles. The second-order valence-electron chi connectivity index (χ2n) is 16.9. The molecule has 11 rings (SSSR count). The van der Waals surface area contributed by atoms with Crippen molar-refractivity contribution in [3.05, 3.63) is 180 Å². The van der Waals surface area contributed by atoms with Crippen LogP contribution in [0.2, 0.25) is 0 Å². The van der Waals surface area contributed by atoms with E-state index in [0.29, 0.717) is 0 Å². The van der Waals surface area contributed by atoms with Gasteiger partial charge < -0.3 is 9.13 Å². The lowest BCUT2D eigenvalue weighted by atomic mass is 9.83. The Labute approximate surface area is 352 Å². The summed E-state index contributed by atoms with van der Waals surface area (Å²) in [6, 6.07) is 59.9. The summed E-state index contributed by atoms with van der Waals surface area (Å²) in [5.74, 6) is 0. The van der Waals surface area contributed by atoms with Crippen molar-refractivity contribution in [2.45, 2.75) is 54.6 Å². The van der Waals surface area contributed by atoms with E-state index in [4.69, 9.17) is 0 Å². The molecule has 0 saturated heterocycles. The zero-order valence-electron chi connectivity index (χ0n) is 35.3. The van der Waals surface area contributed by atoms with Crippen molar-refractivity contribution >= 4 is 65.2 Å². The Hall–Kier alpha value is -6.90. The van der Waals surface area contributed by atoms with E-state index in [1.807, 2.05) is 0 Å². The summed E-state index contributed by atoms with van der Waals surface area (Å²) in [5, 5.41) is 10.4.